The third kappa shape index (κ3) is 2.32. The summed E-state index contributed by atoms with van der Waals surface area (Å²) in [6.45, 7) is 0. The normalized spacial score (nSPS) is 24.8. The lowest BCUT2D eigenvalue weighted by Gasteiger charge is -2.29. The molecule has 0 aliphatic heterocycles. The Morgan fingerprint density at radius 3 is 2.71 bits per heavy atom. The monoisotopic (exact) mass is 230 g/mol. The molecule has 1 atom stereocenters. The van der Waals surface area contributed by atoms with Gasteiger partial charge in [-0.15, -0.1) is 0 Å². The number of benzene rings is 1. The topological polar surface area (TPSA) is 38.0 Å². The molecule has 1 saturated carbocycles. The Labute approximate surface area is 104 Å². The van der Waals surface area contributed by atoms with Crippen LogP contribution in [0.25, 0.3) is 0 Å². The number of nitrogens with one attached hydrogen (secondary N) is 1. The van der Waals surface area contributed by atoms with Crippen molar-refractivity contribution in [3.8, 4) is 0 Å². The van der Waals surface area contributed by atoms with Gasteiger partial charge >= 0.3 is 0 Å². The molecule has 1 aromatic rings. The second-order valence-corrected chi connectivity index (χ2v) is 5.55. The van der Waals surface area contributed by atoms with Gasteiger partial charge in [-0.25, -0.2) is 0 Å². The Morgan fingerprint density at radius 2 is 1.88 bits per heavy atom. The Kier molecular flexibility index (Phi) is 3.06. The number of anilines is 1. The van der Waals surface area contributed by atoms with Gasteiger partial charge in [0, 0.05) is 17.8 Å². The van der Waals surface area contributed by atoms with Crippen LogP contribution < -0.4 is 11.1 Å². The summed E-state index contributed by atoms with van der Waals surface area (Å²) >= 11 is 0. The molecule has 3 rings (SSSR count). The van der Waals surface area contributed by atoms with E-state index in [9.17, 15) is 0 Å². The summed E-state index contributed by atoms with van der Waals surface area (Å²) in [4.78, 5) is 0. The maximum Gasteiger partial charge on any atom is 0.0326 e. The van der Waals surface area contributed by atoms with Gasteiger partial charge in [0.15, 0.2) is 0 Å². The molecule has 1 unspecified atom stereocenters. The average molecular weight is 230 g/mol. The highest BCUT2D eigenvalue weighted by Crippen LogP contribution is 2.33. The largest absolute Gasteiger partial charge is 0.399 e. The molecule has 1 aromatic carbocycles. The van der Waals surface area contributed by atoms with Crippen molar-refractivity contribution in [2.45, 2.75) is 57.0 Å². The molecular formula is C15H22N2. The van der Waals surface area contributed by atoms with Crippen molar-refractivity contribution >= 4 is 5.69 Å². The summed E-state index contributed by atoms with van der Waals surface area (Å²) in [5.41, 5.74) is 9.79. The zero-order valence-electron chi connectivity index (χ0n) is 10.4. The number of hydrogen-bond donors (Lipinski definition) is 2. The molecule has 92 valence electrons. The predicted octanol–water partition coefficient (Wildman–Crippen LogP) is 3.18. The minimum atomic E-state index is 0.547. The second-order valence-electron chi connectivity index (χ2n) is 5.55. The van der Waals surface area contributed by atoms with Crippen LogP contribution in [-0.4, -0.2) is 6.04 Å². The number of nitrogen functional groups attached to an aromatic ring is 1. The van der Waals surface area contributed by atoms with Crippen molar-refractivity contribution < 1.29 is 0 Å². The van der Waals surface area contributed by atoms with Crippen molar-refractivity contribution in [3.05, 3.63) is 29.3 Å². The molecule has 1 fully saturated rings. The molecule has 0 amide bonds. The molecular weight excluding hydrogens is 208 g/mol. The van der Waals surface area contributed by atoms with Crippen LogP contribution in [0.4, 0.5) is 5.69 Å². The fourth-order valence-corrected chi connectivity index (χ4v) is 3.37. The van der Waals surface area contributed by atoms with E-state index in [1.165, 1.54) is 56.1 Å². The van der Waals surface area contributed by atoms with E-state index in [1.54, 1.807) is 0 Å². The van der Waals surface area contributed by atoms with Crippen molar-refractivity contribution in [2.24, 2.45) is 0 Å². The molecule has 0 radical (unpaired) electrons. The Bertz CT molecular complexity index is 394. The van der Waals surface area contributed by atoms with Crippen LogP contribution in [0.3, 0.4) is 0 Å². The summed E-state index contributed by atoms with van der Waals surface area (Å²) in [6, 6.07) is 7.73. The zero-order chi connectivity index (χ0) is 11.7. The highest BCUT2D eigenvalue weighted by atomic mass is 15.0. The maximum atomic E-state index is 5.92. The van der Waals surface area contributed by atoms with Crippen LogP contribution in [-0.2, 0) is 6.42 Å². The first-order valence-electron chi connectivity index (χ1n) is 6.97. The van der Waals surface area contributed by atoms with Gasteiger partial charge in [0.05, 0.1) is 0 Å². The van der Waals surface area contributed by atoms with E-state index >= 15 is 0 Å². The molecule has 2 aliphatic carbocycles. The summed E-state index contributed by atoms with van der Waals surface area (Å²) in [5, 5.41) is 3.85. The fourth-order valence-electron chi connectivity index (χ4n) is 3.37. The van der Waals surface area contributed by atoms with Crippen molar-refractivity contribution in [1.29, 1.82) is 0 Å². The van der Waals surface area contributed by atoms with Gasteiger partial charge in [0.25, 0.3) is 0 Å². The SMILES string of the molecule is Nc1ccc2c(c1)C(NC1CCCC1)CCC2. The molecule has 0 bridgehead atoms. The lowest BCUT2D eigenvalue weighted by atomic mass is 9.87. The third-order valence-electron chi connectivity index (χ3n) is 4.28. The van der Waals surface area contributed by atoms with Gasteiger partial charge < -0.3 is 11.1 Å². The van der Waals surface area contributed by atoms with E-state index in [4.69, 9.17) is 5.73 Å². The van der Waals surface area contributed by atoms with Crippen LogP contribution in [0.1, 0.15) is 55.7 Å². The van der Waals surface area contributed by atoms with Gasteiger partial charge in [-0.1, -0.05) is 18.9 Å². The predicted molar refractivity (Wildman–Crippen MR) is 71.9 cm³/mol. The van der Waals surface area contributed by atoms with Crippen LogP contribution in [0.2, 0.25) is 0 Å². The van der Waals surface area contributed by atoms with Crippen LogP contribution in [0, 0.1) is 0 Å². The number of hydrogen-bond acceptors (Lipinski definition) is 2. The van der Waals surface area contributed by atoms with Gasteiger partial charge in [-0.3, -0.25) is 0 Å². The summed E-state index contributed by atoms with van der Waals surface area (Å²) in [5.74, 6) is 0. The van der Waals surface area contributed by atoms with E-state index in [1.807, 2.05) is 6.07 Å². The Balaban J connectivity index is 1.80. The van der Waals surface area contributed by atoms with E-state index in [-0.39, 0.29) is 0 Å². The number of nitrogens with two attached hydrogens (primary N) is 1. The fraction of sp³-hybridized carbons (Fsp3) is 0.600. The smallest absolute Gasteiger partial charge is 0.0326 e. The first-order chi connectivity index (χ1) is 8.33. The van der Waals surface area contributed by atoms with Crippen LogP contribution >= 0.6 is 0 Å². The lowest BCUT2D eigenvalue weighted by molar-refractivity contribution is 0.397. The molecule has 0 saturated heterocycles. The first-order valence-corrected chi connectivity index (χ1v) is 6.97. The maximum absolute atomic E-state index is 5.92. The Morgan fingerprint density at radius 1 is 1.06 bits per heavy atom. The summed E-state index contributed by atoms with van der Waals surface area (Å²) < 4.78 is 0. The molecule has 0 aromatic heterocycles. The Hall–Kier alpha value is -1.02. The minimum absolute atomic E-state index is 0.547. The van der Waals surface area contributed by atoms with Gasteiger partial charge in [-0.2, -0.15) is 0 Å². The molecule has 0 spiro atoms. The van der Waals surface area contributed by atoms with Crippen molar-refractivity contribution in [3.63, 3.8) is 0 Å². The van der Waals surface area contributed by atoms with Crippen LogP contribution in [0.15, 0.2) is 18.2 Å². The molecule has 0 heterocycles. The van der Waals surface area contributed by atoms with E-state index in [2.05, 4.69) is 17.4 Å². The van der Waals surface area contributed by atoms with Crippen molar-refractivity contribution in [2.75, 3.05) is 5.73 Å². The average Bonchev–Trinajstić information content (AvgIpc) is 2.83. The van der Waals surface area contributed by atoms with E-state index < -0.39 is 0 Å². The van der Waals surface area contributed by atoms with E-state index in [0.717, 1.165) is 11.7 Å². The van der Waals surface area contributed by atoms with Crippen molar-refractivity contribution in [1.82, 2.24) is 5.32 Å². The third-order valence-corrected chi connectivity index (χ3v) is 4.28. The second kappa shape index (κ2) is 4.69. The molecule has 2 heteroatoms. The summed E-state index contributed by atoms with van der Waals surface area (Å²) in [7, 11) is 0. The minimum Gasteiger partial charge on any atom is -0.399 e. The summed E-state index contributed by atoms with van der Waals surface area (Å²) in [6.07, 6.45) is 9.30. The first kappa shape index (κ1) is 11.1. The highest BCUT2D eigenvalue weighted by molar-refractivity contribution is 5.47. The molecule has 2 aliphatic rings. The van der Waals surface area contributed by atoms with Gasteiger partial charge in [0.1, 0.15) is 0 Å². The quantitative estimate of drug-likeness (QED) is 0.766. The lowest BCUT2D eigenvalue weighted by Crippen LogP contribution is -2.32. The highest BCUT2D eigenvalue weighted by Gasteiger charge is 2.24. The molecule has 17 heavy (non-hydrogen) atoms. The number of aryl methyl sites for hydroxylation is 1. The van der Waals surface area contributed by atoms with Gasteiger partial charge in [0.2, 0.25) is 0 Å². The van der Waals surface area contributed by atoms with Crippen LogP contribution in [0.5, 0.6) is 0 Å². The molecule has 2 nitrogen and oxygen atoms in total. The number of rotatable bonds is 2. The number of fused-ring (bicyclic) bond motifs is 1. The molecule has 3 N–H and O–H groups in total. The van der Waals surface area contributed by atoms with Gasteiger partial charge in [-0.05, 0) is 55.4 Å². The zero-order valence-corrected chi connectivity index (χ0v) is 10.4. The van der Waals surface area contributed by atoms with E-state index in [0.29, 0.717) is 6.04 Å². The standard InChI is InChI=1S/C15H22N2/c16-12-9-8-11-4-3-7-15(14(11)10-12)17-13-5-1-2-6-13/h8-10,13,15,17H,1-7,16H2.